The topological polar surface area (TPSA) is 117 Å². The lowest BCUT2D eigenvalue weighted by atomic mass is 9.82. The van der Waals surface area contributed by atoms with Crippen molar-refractivity contribution in [1.29, 1.82) is 0 Å². The number of β-lactam (4-membered cyclic amide) rings is 1. The van der Waals surface area contributed by atoms with Crippen molar-refractivity contribution in [1.82, 2.24) is 5.32 Å². The molecule has 0 bridgehead atoms. The van der Waals surface area contributed by atoms with Gasteiger partial charge in [0.05, 0.1) is 16.4 Å². The second-order valence-corrected chi connectivity index (χ2v) is 15.6. The largest absolute Gasteiger partial charge is 0.508 e. The summed E-state index contributed by atoms with van der Waals surface area (Å²) in [6, 6.07) is 5.90. The van der Waals surface area contributed by atoms with Gasteiger partial charge in [0, 0.05) is 18.2 Å². The molecule has 10 heteroatoms. The number of amides is 1. The minimum atomic E-state index is -1.96. The van der Waals surface area contributed by atoms with E-state index in [0.717, 1.165) is 12.8 Å². The van der Waals surface area contributed by atoms with E-state index in [0.29, 0.717) is 12.3 Å². The molecular weight excluding hydrogens is 456 g/mol. The monoisotopic (exact) mass is 492 g/mol. The summed E-state index contributed by atoms with van der Waals surface area (Å²) in [5, 5.41) is 14.2. The molecule has 0 radical (unpaired) electrons. The molecule has 1 aromatic rings. The third kappa shape index (κ3) is 6.15. The summed E-state index contributed by atoms with van der Waals surface area (Å²) < 4.78 is 17.2. The van der Waals surface area contributed by atoms with Gasteiger partial charge in [0.2, 0.25) is 5.91 Å². The second kappa shape index (κ2) is 10.0. The number of para-hydroxylation sites is 1. The van der Waals surface area contributed by atoms with E-state index in [2.05, 4.69) is 39.2 Å². The van der Waals surface area contributed by atoms with Gasteiger partial charge in [-0.25, -0.2) is 4.79 Å². The zero-order valence-corrected chi connectivity index (χ0v) is 21.8. The highest BCUT2D eigenvalue weighted by atomic mass is 28.4. The molecule has 1 aromatic carbocycles. The predicted octanol–water partition coefficient (Wildman–Crippen LogP) is 4.94. The molecule has 9 nitrogen and oxygen atoms in total. The van der Waals surface area contributed by atoms with Gasteiger partial charge >= 0.3 is 6.16 Å². The Labute approximate surface area is 201 Å². The van der Waals surface area contributed by atoms with Gasteiger partial charge < -0.3 is 19.2 Å². The molecule has 0 aromatic heterocycles. The first-order chi connectivity index (χ1) is 15.8. The Morgan fingerprint density at radius 3 is 2.47 bits per heavy atom. The van der Waals surface area contributed by atoms with Crippen molar-refractivity contribution in [2.75, 3.05) is 0 Å². The lowest BCUT2D eigenvalue weighted by Gasteiger charge is -2.44. The normalized spacial score (nSPS) is 22.2. The van der Waals surface area contributed by atoms with Crippen LogP contribution in [0.2, 0.25) is 18.1 Å². The molecule has 1 N–H and O–H groups in total. The molecule has 2 fully saturated rings. The van der Waals surface area contributed by atoms with Crippen LogP contribution in [0.4, 0.5) is 10.5 Å². The molecule has 1 saturated heterocycles. The summed E-state index contributed by atoms with van der Waals surface area (Å²) in [6.45, 7) is 12.5. The average molecular weight is 493 g/mol. The standard InChI is InChI=1S/C24H36N2O7Si/c1-15(32-23(28)31-14-17-9-7-8-10-19(17)26(29)30)21-18(25-22(21)27)13-20(16-11-12-16)33-34(5,6)24(2,3)4/h7-10,15-16,18,20-21H,11-14H2,1-6H3,(H,25,27)/t15?,18-,20?,21-/m1/s1. The maximum Gasteiger partial charge on any atom is 0.508 e. The Kier molecular flexibility index (Phi) is 7.71. The number of benzene rings is 1. The van der Waals surface area contributed by atoms with Crippen molar-refractivity contribution in [2.24, 2.45) is 11.8 Å². The minimum absolute atomic E-state index is 0.0757. The molecule has 3 rings (SSSR count). The Bertz CT molecular complexity index is 926. The van der Waals surface area contributed by atoms with E-state index >= 15 is 0 Å². The Morgan fingerprint density at radius 2 is 1.91 bits per heavy atom. The van der Waals surface area contributed by atoms with E-state index < -0.39 is 31.4 Å². The average Bonchev–Trinajstić information content (AvgIpc) is 3.55. The van der Waals surface area contributed by atoms with Gasteiger partial charge in [-0.2, -0.15) is 0 Å². The van der Waals surface area contributed by atoms with Gasteiger partial charge in [0.15, 0.2) is 8.32 Å². The van der Waals surface area contributed by atoms with Crippen molar-refractivity contribution < 1.29 is 28.4 Å². The van der Waals surface area contributed by atoms with Gasteiger partial charge in [0.1, 0.15) is 12.7 Å². The third-order valence-electron chi connectivity index (χ3n) is 7.27. The van der Waals surface area contributed by atoms with Crippen LogP contribution in [-0.4, -0.2) is 43.6 Å². The lowest BCUT2D eigenvalue weighted by molar-refractivity contribution is -0.385. The fourth-order valence-corrected chi connectivity index (χ4v) is 5.42. The summed E-state index contributed by atoms with van der Waals surface area (Å²) in [6.07, 6.45) is 1.38. The molecule has 1 aliphatic carbocycles. The van der Waals surface area contributed by atoms with Gasteiger partial charge in [-0.3, -0.25) is 14.9 Å². The van der Waals surface area contributed by atoms with Crippen LogP contribution in [0.5, 0.6) is 0 Å². The number of nitro benzene ring substituents is 1. The van der Waals surface area contributed by atoms with E-state index in [1.165, 1.54) is 12.1 Å². The van der Waals surface area contributed by atoms with E-state index in [4.69, 9.17) is 13.9 Å². The van der Waals surface area contributed by atoms with Gasteiger partial charge in [0.25, 0.3) is 5.69 Å². The Balaban J connectivity index is 1.56. The third-order valence-corrected chi connectivity index (χ3v) is 11.8. The number of hydrogen-bond acceptors (Lipinski definition) is 7. The molecule has 1 heterocycles. The zero-order chi connectivity index (χ0) is 25.3. The quantitative estimate of drug-likeness (QED) is 0.162. The van der Waals surface area contributed by atoms with Gasteiger partial charge in [-0.1, -0.05) is 32.9 Å². The molecule has 188 valence electrons. The SMILES string of the molecule is CC(OC(=O)OCc1ccccc1[N+](=O)[O-])[C@H]1C(=O)N[C@@H]1CC(O[Si](C)(C)C(C)(C)C)C1CC1. The van der Waals surface area contributed by atoms with Crippen molar-refractivity contribution in [2.45, 2.75) is 89.9 Å². The smallest absolute Gasteiger partial charge is 0.430 e. The van der Waals surface area contributed by atoms with Crippen LogP contribution < -0.4 is 5.32 Å². The molecule has 4 atom stereocenters. The number of carbonyl (C=O) groups excluding carboxylic acids is 2. The highest BCUT2D eigenvalue weighted by molar-refractivity contribution is 6.74. The first kappa shape index (κ1) is 26.1. The van der Waals surface area contributed by atoms with E-state index in [1.54, 1.807) is 19.1 Å². The summed E-state index contributed by atoms with van der Waals surface area (Å²) in [4.78, 5) is 35.1. The van der Waals surface area contributed by atoms with E-state index in [-0.39, 0.29) is 40.9 Å². The van der Waals surface area contributed by atoms with Crippen molar-refractivity contribution >= 4 is 26.1 Å². The molecule has 2 unspecified atom stereocenters. The predicted molar refractivity (Wildman–Crippen MR) is 129 cm³/mol. The fourth-order valence-electron chi connectivity index (χ4n) is 4.02. The molecular formula is C24H36N2O7Si. The van der Waals surface area contributed by atoms with E-state index in [1.807, 2.05) is 0 Å². The van der Waals surface area contributed by atoms with Crippen LogP contribution in [0.1, 0.15) is 52.5 Å². The van der Waals surface area contributed by atoms with Crippen LogP contribution >= 0.6 is 0 Å². The maximum absolute atomic E-state index is 12.3. The summed E-state index contributed by atoms with van der Waals surface area (Å²) in [7, 11) is -1.96. The number of nitro groups is 1. The molecule has 1 amide bonds. The second-order valence-electron chi connectivity index (χ2n) is 10.9. The van der Waals surface area contributed by atoms with Gasteiger partial charge in [-0.15, -0.1) is 0 Å². The highest BCUT2D eigenvalue weighted by Crippen LogP contribution is 2.44. The first-order valence-corrected chi connectivity index (χ1v) is 14.7. The Hall–Kier alpha value is -2.46. The van der Waals surface area contributed by atoms with Crippen LogP contribution in [-0.2, 0) is 25.3 Å². The molecule has 0 spiro atoms. The van der Waals surface area contributed by atoms with Crippen LogP contribution in [0, 0.1) is 22.0 Å². The number of carbonyl (C=O) groups is 2. The molecule has 34 heavy (non-hydrogen) atoms. The number of rotatable bonds is 10. The van der Waals surface area contributed by atoms with Crippen molar-refractivity contribution in [3.05, 3.63) is 39.9 Å². The van der Waals surface area contributed by atoms with Crippen LogP contribution in [0.3, 0.4) is 0 Å². The minimum Gasteiger partial charge on any atom is -0.430 e. The van der Waals surface area contributed by atoms with Crippen molar-refractivity contribution in [3.8, 4) is 0 Å². The highest BCUT2D eigenvalue weighted by Gasteiger charge is 2.49. The maximum atomic E-state index is 12.3. The fraction of sp³-hybridized carbons (Fsp3) is 0.667. The molecule has 1 saturated carbocycles. The van der Waals surface area contributed by atoms with Gasteiger partial charge in [-0.05, 0) is 56.3 Å². The molecule has 2 aliphatic rings. The zero-order valence-electron chi connectivity index (χ0n) is 20.8. The number of hydrogen-bond donors (Lipinski definition) is 1. The summed E-state index contributed by atoms with van der Waals surface area (Å²) in [5.41, 5.74) is 0.140. The lowest BCUT2D eigenvalue weighted by Crippen LogP contribution is -2.63. The first-order valence-electron chi connectivity index (χ1n) is 11.8. The number of ether oxygens (including phenoxy) is 2. The summed E-state index contributed by atoms with van der Waals surface area (Å²) >= 11 is 0. The summed E-state index contributed by atoms with van der Waals surface area (Å²) in [5.74, 6) is -0.135. The van der Waals surface area contributed by atoms with Crippen LogP contribution in [0.15, 0.2) is 24.3 Å². The van der Waals surface area contributed by atoms with E-state index in [9.17, 15) is 19.7 Å². The van der Waals surface area contributed by atoms with Crippen molar-refractivity contribution in [3.63, 3.8) is 0 Å². The molecule has 1 aliphatic heterocycles. The number of nitrogens with one attached hydrogen (secondary N) is 1. The Morgan fingerprint density at radius 1 is 1.26 bits per heavy atom. The van der Waals surface area contributed by atoms with Crippen LogP contribution in [0.25, 0.3) is 0 Å². The number of nitrogens with zero attached hydrogens (tertiary/aromatic N) is 1.